The molecule has 0 N–H and O–H groups in total. The molecule has 2 aromatic heterocycles. The van der Waals surface area contributed by atoms with E-state index in [0.29, 0.717) is 22.5 Å². The van der Waals surface area contributed by atoms with Gasteiger partial charge in [-0.05, 0) is 17.7 Å². The second-order valence-corrected chi connectivity index (χ2v) is 6.99. The van der Waals surface area contributed by atoms with Crippen molar-refractivity contribution in [1.82, 2.24) is 19.7 Å². The molecule has 0 atom stereocenters. The Balaban J connectivity index is 1.49. The Kier molecular flexibility index (Phi) is 4.77. The molecule has 0 saturated carbocycles. The van der Waals surface area contributed by atoms with Crippen molar-refractivity contribution in [3.8, 4) is 22.7 Å². The van der Waals surface area contributed by atoms with Crippen LogP contribution in [-0.2, 0) is 12.8 Å². The van der Waals surface area contributed by atoms with Crippen LogP contribution >= 0.6 is 23.4 Å². The smallest absolute Gasteiger partial charge is 0.259 e. The summed E-state index contributed by atoms with van der Waals surface area (Å²) >= 11 is 7.74. The number of aromatic nitrogens is 4. The van der Waals surface area contributed by atoms with E-state index in [1.54, 1.807) is 17.8 Å². The van der Waals surface area contributed by atoms with Crippen LogP contribution < -0.4 is 0 Å². The molecule has 130 valence electrons. The standard InChI is InChI=1S/C19H15ClN4OS/c1-24-16(13-7-3-2-4-8-13)11-21-19(24)26-12-17-22-18(25-23-17)14-9-5-6-10-15(14)20/h2-11H,12H2,1H3. The van der Waals surface area contributed by atoms with Gasteiger partial charge in [0.1, 0.15) is 0 Å². The third kappa shape index (κ3) is 3.38. The van der Waals surface area contributed by atoms with Crippen molar-refractivity contribution in [2.45, 2.75) is 10.9 Å². The summed E-state index contributed by atoms with van der Waals surface area (Å²) in [7, 11) is 2.00. The van der Waals surface area contributed by atoms with E-state index in [-0.39, 0.29) is 0 Å². The van der Waals surface area contributed by atoms with Crippen molar-refractivity contribution >= 4 is 23.4 Å². The summed E-state index contributed by atoms with van der Waals surface area (Å²) in [6.07, 6.45) is 1.88. The van der Waals surface area contributed by atoms with Gasteiger partial charge in [-0.1, -0.05) is 71.0 Å². The average molecular weight is 383 g/mol. The van der Waals surface area contributed by atoms with E-state index in [9.17, 15) is 0 Å². The first-order valence-corrected chi connectivity index (χ1v) is 9.36. The van der Waals surface area contributed by atoms with Crippen LogP contribution in [0.15, 0.2) is 70.5 Å². The molecule has 0 unspecified atom stereocenters. The predicted molar refractivity (Wildman–Crippen MR) is 103 cm³/mol. The van der Waals surface area contributed by atoms with Crippen molar-refractivity contribution in [1.29, 1.82) is 0 Å². The molecular weight excluding hydrogens is 368 g/mol. The number of imidazole rings is 1. The van der Waals surface area contributed by atoms with Crippen LogP contribution in [-0.4, -0.2) is 19.7 Å². The fraction of sp³-hybridized carbons (Fsp3) is 0.105. The van der Waals surface area contributed by atoms with E-state index in [2.05, 4.69) is 31.8 Å². The first-order valence-electron chi connectivity index (χ1n) is 8.00. The zero-order valence-electron chi connectivity index (χ0n) is 14.0. The lowest BCUT2D eigenvalue weighted by Gasteiger charge is -2.04. The van der Waals surface area contributed by atoms with Crippen LogP contribution in [0.5, 0.6) is 0 Å². The molecule has 7 heteroatoms. The summed E-state index contributed by atoms with van der Waals surface area (Å²) in [5, 5.41) is 5.53. The van der Waals surface area contributed by atoms with Gasteiger partial charge in [-0.25, -0.2) is 4.98 Å². The Morgan fingerprint density at radius 2 is 1.85 bits per heavy atom. The molecule has 0 fully saturated rings. The van der Waals surface area contributed by atoms with Crippen LogP contribution in [0.4, 0.5) is 0 Å². The maximum Gasteiger partial charge on any atom is 0.259 e. The molecule has 26 heavy (non-hydrogen) atoms. The maximum atomic E-state index is 6.18. The summed E-state index contributed by atoms with van der Waals surface area (Å²) in [5.41, 5.74) is 2.94. The first-order chi connectivity index (χ1) is 12.7. The number of thioether (sulfide) groups is 1. The average Bonchev–Trinajstić information content (AvgIpc) is 3.28. The van der Waals surface area contributed by atoms with E-state index in [4.69, 9.17) is 16.1 Å². The minimum atomic E-state index is 0.427. The normalized spacial score (nSPS) is 11.0. The Bertz CT molecular complexity index is 1030. The molecule has 0 aliphatic rings. The lowest BCUT2D eigenvalue weighted by molar-refractivity contribution is 0.425. The molecule has 0 aliphatic carbocycles. The van der Waals surface area contributed by atoms with E-state index in [1.807, 2.05) is 49.6 Å². The molecule has 2 aromatic carbocycles. The Morgan fingerprint density at radius 3 is 2.65 bits per heavy atom. The fourth-order valence-corrected chi connectivity index (χ4v) is 3.60. The van der Waals surface area contributed by atoms with E-state index >= 15 is 0 Å². The zero-order valence-corrected chi connectivity index (χ0v) is 15.5. The molecule has 0 bridgehead atoms. The van der Waals surface area contributed by atoms with Crippen molar-refractivity contribution in [3.63, 3.8) is 0 Å². The lowest BCUT2D eigenvalue weighted by atomic mass is 10.2. The van der Waals surface area contributed by atoms with Crippen molar-refractivity contribution in [3.05, 3.63) is 71.6 Å². The van der Waals surface area contributed by atoms with Gasteiger partial charge in [-0.15, -0.1) is 0 Å². The third-order valence-corrected chi connectivity index (χ3v) is 5.29. The van der Waals surface area contributed by atoms with Gasteiger partial charge in [0.15, 0.2) is 11.0 Å². The molecule has 0 radical (unpaired) electrons. The number of nitrogens with zero attached hydrogens (tertiary/aromatic N) is 4. The van der Waals surface area contributed by atoms with Gasteiger partial charge < -0.3 is 9.09 Å². The molecule has 0 aliphatic heterocycles. The van der Waals surface area contributed by atoms with Crippen molar-refractivity contribution < 1.29 is 4.52 Å². The number of hydrogen-bond donors (Lipinski definition) is 0. The Labute approximate surface area is 160 Å². The summed E-state index contributed by atoms with van der Waals surface area (Å²) < 4.78 is 7.40. The highest BCUT2D eigenvalue weighted by molar-refractivity contribution is 7.98. The highest BCUT2D eigenvalue weighted by atomic mass is 35.5. The van der Waals surface area contributed by atoms with Crippen LogP contribution in [0, 0.1) is 0 Å². The molecule has 2 heterocycles. The SMILES string of the molecule is Cn1c(-c2ccccc2)cnc1SCc1noc(-c2ccccc2Cl)n1. The van der Waals surface area contributed by atoms with E-state index in [1.165, 1.54) is 0 Å². The summed E-state index contributed by atoms with van der Waals surface area (Å²) in [4.78, 5) is 8.94. The van der Waals surface area contributed by atoms with Gasteiger partial charge in [-0.2, -0.15) is 4.98 Å². The van der Waals surface area contributed by atoms with Crippen molar-refractivity contribution in [2.24, 2.45) is 7.05 Å². The Morgan fingerprint density at radius 1 is 1.08 bits per heavy atom. The minimum absolute atomic E-state index is 0.427. The Hall–Kier alpha value is -2.57. The van der Waals surface area contributed by atoms with Gasteiger partial charge >= 0.3 is 0 Å². The number of benzene rings is 2. The monoisotopic (exact) mass is 382 g/mol. The summed E-state index contributed by atoms with van der Waals surface area (Å²) in [6, 6.07) is 17.6. The number of hydrogen-bond acceptors (Lipinski definition) is 5. The number of halogens is 1. The highest BCUT2D eigenvalue weighted by Gasteiger charge is 2.14. The van der Waals surface area contributed by atoms with E-state index < -0.39 is 0 Å². The molecule has 0 saturated heterocycles. The topological polar surface area (TPSA) is 56.7 Å². The lowest BCUT2D eigenvalue weighted by Crippen LogP contribution is -1.95. The predicted octanol–water partition coefficient (Wildman–Crippen LogP) is 5.08. The van der Waals surface area contributed by atoms with Gasteiger partial charge in [0, 0.05) is 7.05 Å². The highest BCUT2D eigenvalue weighted by Crippen LogP contribution is 2.29. The fourth-order valence-electron chi connectivity index (χ4n) is 2.59. The summed E-state index contributed by atoms with van der Waals surface area (Å²) in [5.74, 6) is 1.60. The largest absolute Gasteiger partial charge is 0.334 e. The summed E-state index contributed by atoms with van der Waals surface area (Å²) in [6.45, 7) is 0. The maximum absolute atomic E-state index is 6.18. The van der Waals surface area contributed by atoms with E-state index in [0.717, 1.165) is 22.0 Å². The van der Waals surface area contributed by atoms with Crippen molar-refractivity contribution in [2.75, 3.05) is 0 Å². The van der Waals surface area contributed by atoms with Gasteiger partial charge in [0.2, 0.25) is 0 Å². The minimum Gasteiger partial charge on any atom is -0.334 e. The molecule has 5 nitrogen and oxygen atoms in total. The first kappa shape index (κ1) is 16.9. The van der Waals surface area contributed by atoms with Crippen LogP contribution in [0.1, 0.15) is 5.82 Å². The second-order valence-electron chi connectivity index (χ2n) is 5.64. The third-order valence-electron chi connectivity index (χ3n) is 3.92. The van der Waals surface area contributed by atoms with Crippen LogP contribution in [0.2, 0.25) is 5.02 Å². The van der Waals surface area contributed by atoms with Crippen LogP contribution in [0.25, 0.3) is 22.7 Å². The molecular formula is C19H15ClN4OS. The molecule has 0 amide bonds. The second kappa shape index (κ2) is 7.35. The zero-order chi connectivity index (χ0) is 17.9. The molecule has 4 rings (SSSR count). The van der Waals surface area contributed by atoms with Gasteiger partial charge in [-0.3, -0.25) is 0 Å². The molecule has 4 aromatic rings. The quantitative estimate of drug-likeness (QED) is 0.450. The van der Waals surface area contributed by atoms with Gasteiger partial charge in [0.25, 0.3) is 5.89 Å². The molecule has 0 spiro atoms. The van der Waals surface area contributed by atoms with Crippen LogP contribution in [0.3, 0.4) is 0 Å². The number of rotatable bonds is 5. The van der Waals surface area contributed by atoms with Gasteiger partial charge in [0.05, 0.1) is 28.2 Å².